The molecule has 0 aliphatic carbocycles. The summed E-state index contributed by atoms with van der Waals surface area (Å²) in [5.41, 5.74) is 5.13. The van der Waals surface area contributed by atoms with Crippen LogP contribution in [0.5, 0.6) is 5.75 Å². The van der Waals surface area contributed by atoms with Crippen LogP contribution < -0.4 is 5.32 Å². The molecule has 2 aromatic carbocycles. The number of hydrogen-bond donors (Lipinski definition) is 2. The van der Waals surface area contributed by atoms with Crippen LogP contribution in [0.3, 0.4) is 0 Å². The highest BCUT2D eigenvalue weighted by molar-refractivity contribution is 8.00. The summed E-state index contributed by atoms with van der Waals surface area (Å²) in [4.78, 5) is 33.5. The van der Waals surface area contributed by atoms with Gasteiger partial charge in [0.2, 0.25) is 5.91 Å². The first kappa shape index (κ1) is 22.0. The fourth-order valence-electron chi connectivity index (χ4n) is 3.24. The number of anilines is 1. The van der Waals surface area contributed by atoms with Crippen molar-refractivity contribution in [3.8, 4) is 16.9 Å². The fourth-order valence-corrected chi connectivity index (χ4v) is 5.15. The SMILES string of the molecule is Cc1ccc(-c2csc3ncnc(SC(C)C(=O)Nc4cc(C=O)ccc4O)c23)cc1C. The number of benzene rings is 2. The predicted octanol–water partition coefficient (Wildman–Crippen LogP) is 5.61. The average Bonchev–Trinajstić information content (AvgIpc) is 3.22. The van der Waals surface area contributed by atoms with E-state index < -0.39 is 5.25 Å². The van der Waals surface area contributed by atoms with Gasteiger partial charge in [0, 0.05) is 16.5 Å². The molecule has 8 heteroatoms. The number of aldehydes is 1. The van der Waals surface area contributed by atoms with Gasteiger partial charge in [0.1, 0.15) is 28.2 Å². The van der Waals surface area contributed by atoms with Gasteiger partial charge in [-0.15, -0.1) is 11.3 Å². The van der Waals surface area contributed by atoms with Crippen molar-refractivity contribution in [2.75, 3.05) is 5.32 Å². The predicted molar refractivity (Wildman–Crippen MR) is 130 cm³/mol. The number of hydrogen-bond acceptors (Lipinski definition) is 7. The first-order valence-electron chi connectivity index (χ1n) is 9.93. The molecule has 0 saturated heterocycles. The highest BCUT2D eigenvalue weighted by Gasteiger charge is 2.21. The molecule has 4 rings (SSSR count). The molecule has 1 unspecified atom stereocenters. The van der Waals surface area contributed by atoms with Crippen molar-refractivity contribution >= 4 is 51.2 Å². The van der Waals surface area contributed by atoms with Gasteiger partial charge in [0.05, 0.1) is 16.3 Å². The van der Waals surface area contributed by atoms with Gasteiger partial charge in [-0.25, -0.2) is 9.97 Å². The van der Waals surface area contributed by atoms with Crippen LogP contribution in [0.15, 0.2) is 53.1 Å². The Morgan fingerprint density at radius 2 is 1.97 bits per heavy atom. The van der Waals surface area contributed by atoms with Gasteiger partial charge in [0.15, 0.2) is 0 Å². The van der Waals surface area contributed by atoms with Gasteiger partial charge in [0.25, 0.3) is 0 Å². The Morgan fingerprint density at radius 3 is 2.72 bits per heavy atom. The van der Waals surface area contributed by atoms with Gasteiger partial charge in [-0.1, -0.05) is 30.0 Å². The maximum absolute atomic E-state index is 12.8. The van der Waals surface area contributed by atoms with E-state index >= 15 is 0 Å². The maximum Gasteiger partial charge on any atom is 0.237 e. The number of aryl methyl sites for hydroxylation is 2. The summed E-state index contributed by atoms with van der Waals surface area (Å²) in [7, 11) is 0. The van der Waals surface area contributed by atoms with Crippen molar-refractivity contribution in [2.45, 2.75) is 31.0 Å². The fraction of sp³-hybridized carbons (Fsp3) is 0.167. The van der Waals surface area contributed by atoms with E-state index in [-0.39, 0.29) is 17.3 Å². The Labute approximate surface area is 193 Å². The first-order valence-corrected chi connectivity index (χ1v) is 11.7. The topological polar surface area (TPSA) is 92.2 Å². The van der Waals surface area contributed by atoms with Crippen LogP contribution in [0.1, 0.15) is 28.4 Å². The van der Waals surface area contributed by atoms with Crippen LogP contribution in [0.2, 0.25) is 0 Å². The van der Waals surface area contributed by atoms with E-state index in [1.807, 2.05) is 0 Å². The molecule has 0 fully saturated rings. The number of carbonyl (C=O) groups excluding carboxylic acids is 2. The van der Waals surface area contributed by atoms with Crippen molar-refractivity contribution in [3.63, 3.8) is 0 Å². The summed E-state index contributed by atoms with van der Waals surface area (Å²) in [5, 5.41) is 15.9. The molecule has 2 heterocycles. The minimum Gasteiger partial charge on any atom is -0.506 e. The monoisotopic (exact) mass is 463 g/mol. The van der Waals surface area contributed by atoms with Crippen LogP contribution in [-0.4, -0.2) is 32.5 Å². The largest absolute Gasteiger partial charge is 0.506 e. The number of carbonyl (C=O) groups is 2. The summed E-state index contributed by atoms with van der Waals surface area (Å²) >= 11 is 2.88. The summed E-state index contributed by atoms with van der Waals surface area (Å²) < 4.78 is 0. The summed E-state index contributed by atoms with van der Waals surface area (Å²) in [6.45, 7) is 5.94. The zero-order valence-electron chi connectivity index (χ0n) is 17.7. The molecule has 2 aromatic heterocycles. The number of aromatic nitrogens is 2. The molecular weight excluding hydrogens is 442 g/mol. The third-order valence-corrected chi connectivity index (χ3v) is 7.21. The highest BCUT2D eigenvalue weighted by atomic mass is 32.2. The molecule has 1 atom stereocenters. The molecule has 0 aliphatic rings. The number of phenols is 1. The zero-order chi connectivity index (χ0) is 22.8. The van der Waals surface area contributed by atoms with Gasteiger partial charge >= 0.3 is 0 Å². The van der Waals surface area contributed by atoms with E-state index in [0.29, 0.717) is 11.8 Å². The maximum atomic E-state index is 12.8. The number of nitrogens with zero attached hydrogens (tertiary/aromatic N) is 2. The van der Waals surface area contributed by atoms with Crippen LogP contribution in [0.25, 0.3) is 21.3 Å². The third kappa shape index (κ3) is 4.37. The quantitative estimate of drug-likeness (QED) is 0.167. The molecular formula is C24H21N3O3S2. The number of nitrogens with one attached hydrogen (secondary N) is 1. The average molecular weight is 464 g/mol. The number of thioether (sulfide) groups is 1. The second-order valence-corrected chi connectivity index (χ2v) is 9.64. The second kappa shape index (κ2) is 9.10. The molecule has 1 amide bonds. The summed E-state index contributed by atoms with van der Waals surface area (Å²) in [6.07, 6.45) is 2.17. The number of thiophene rings is 1. The lowest BCUT2D eigenvalue weighted by atomic mass is 10.0. The minimum atomic E-state index is -0.500. The van der Waals surface area contributed by atoms with Crippen molar-refractivity contribution in [3.05, 3.63) is 64.8 Å². The summed E-state index contributed by atoms with van der Waals surface area (Å²) in [5.74, 6) is -0.400. The zero-order valence-corrected chi connectivity index (χ0v) is 19.4. The van der Waals surface area contributed by atoms with E-state index in [2.05, 4.69) is 52.7 Å². The number of phenolic OH excluding ortho intramolecular Hbond substituents is 1. The van der Waals surface area contributed by atoms with E-state index in [9.17, 15) is 14.7 Å². The third-order valence-electron chi connectivity index (χ3n) is 5.23. The Hall–Kier alpha value is -3.23. The molecule has 0 saturated carbocycles. The van der Waals surface area contributed by atoms with Gasteiger partial charge in [-0.05, 0) is 55.7 Å². The second-order valence-electron chi connectivity index (χ2n) is 7.45. The number of aromatic hydroxyl groups is 1. The van der Waals surface area contributed by atoms with E-state index in [4.69, 9.17) is 0 Å². The molecule has 2 N–H and O–H groups in total. The summed E-state index contributed by atoms with van der Waals surface area (Å²) in [6, 6.07) is 10.6. The molecule has 6 nitrogen and oxygen atoms in total. The normalized spacial score (nSPS) is 12.0. The lowest BCUT2D eigenvalue weighted by Gasteiger charge is -2.14. The standard InChI is InChI=1S/C24H21N3O3S2/c1-13-4-6-17(8-14(13)2)18-11-31-23-21(18)24(26-12-25-23)32-15(3)22(30)27-19-9-16(10-28)5-7-20(19)29/h4-12,15,29H,1-3H3,(H,27,30). The molecule has 0 bridgehead atoms. The molecule has 32 heavy (non-hydrogen) atoms. The Balaban J connectivity index is 1.63. The van der Waals surface area contributed by atoms with Gasteiger partial charge < -0.3 is 10.4 Å². The van der Waals surface area contributed by atoms with E-state index in [0.717, 1.165) is 26.4 Å². The van der Waals surface area contributed by atoms with Crippen LogP contribution in [-0.2, 0) is 4.79 Å². The molecule has 162 valence electrons. The number of rotatable bonds is 6. The number of fused-ring (bicyclic) bond motifs is 1. The first-order chi connectivity index (χ1) is 15.4. The lowest BCUT2D eigenvalue weighted by Crippen LogP contribution is -2.22. The Kier molecular flexibility index (Phi) is 6.25. The van der Waals surface area contributed by atoms with Crippen molar-refractivity contribution in [1.29, 1.82) is 0 Å². The number of amides is 1. The minimum absolute atomic E-state index is 0.0968. The van der Waals surface area contributed by atoms with Gasteiger partial charge in [-0.2, -0.15) is 0 Å². The van der Waals surface area contributed by atoms with E-state index in [1.54, 1.807) is 18.3 Å². The van der Waals surface area contributed by atoms with Gasteiger partial charge in [-0.3, -0.25) is 9.59 Å². The Bertz CT molecular complexity index is 1330. The van der Waals surface area contributed by atoms with Crippen LogP contribution in [0.4, 0.5) is 5.69 Å². The highest BCUT2D eigenvalue weighted by Crippen LogP contribution is 2.39. The molecule has 0 aliphatic heterocycles. The van der Waals surface area contributed by atoms with E-state index in [1.165, 1.54) is 47.4 Å². The van der Waals surface area contributed by atoms with Crippen molar-refractivity contribution < 1.29 is 14.7 Å². The molecule has 0 radical (unpaired) electrons. The van der Waals surface area contributed by atoms with Crippen LogP contribution >= 0.6 is 23.1 Å². The Morgan fingerprint density at radius 1 is 1.16 bits per heavy atom. The smallest absolute Gasteiger partial charge is 0.237 e. The van der Waals surface area contributed by atoms with Crippen molar-refractivity contribution in [2.24, 2.45) is 0 Å². The lowest BCUT2D eigenvalue weighted by molar-refractivity contribution is -0.115. The van der Waals surface area contributed by atoms with Crippen molar-refractivity contribution in [1.82, 2.24) is 9.97 Å². The molecule has 4 aromatic rings. The molecule has 0 spiro atoms. The van der Waals surface area contributed by atoms with Crippen LogP contribution in [0, 0.1) is 13.8 Å².